The number of hydrogen-bond donors (Lipinski definition) is 1. The molecule has 3 aliphatic heterocycles. The van der Waals surface area contributed by atoms with E-state index in [0.29, 0.717) is 34.3 Å². The van der Waals surface area contributed by atoms with Crippen LogP contribution in [-0.2, 0) is 24.4 Å². The van der Waals surface area contributed by atoms with Gasteiger partial charge in [-0.1, -0.05) is 53.9 Å². The number of carbonyl (C=O) groups excluding carboxylic acids is 1. The van der Waals surface area contributed by atoms with Crippen molar-refractivity contribution in [2.75, 3.05) is 19.6 Å². The summed E-state index contributed by atoms with van der Waals surface area (Å²) in [5.41, 5.74) is 5.03. The highest BCUT2D eigenvalue weighted by atomic mass is 35.5. The molecule has 0 radical (unpaired) electrons. The molecule has 0 amide bonds. The third-order valence-electron chi connectivity index (χ3n) is 10.4. The number of rotatable bonds is 12. The normalized spacial score (nSPS) is 21.5. The Labute approximate surface area is 295 Å². The van der Waals surface area contributed by atoms with Crippen LogP contribution in [0.15, 0.2) is 66.9 Å². The van der Waals surface area contributed by atoms with Crippen LogP contribution >= 0.6 is 23.2 Å². The molecule has 6 nitrogen and oxygen atoms in total. The van der Waals surface area contributed by atoms with Crippen molar-refractivity contribution >= 4 is 39.9 Å². The number of carbonyl (C=O) groups is 1. The van der Waals surface area contributed by atoms with Crippen molar-refractivity contribution in [1.29, 1.82) is 0 Å². The molecule has 3 saturated heterocycles. The van der Waals surface area contributed by atoms with Gasteiger partial charge in [0.1, 0.15) is 11.5 Å². The summed E-state index contributed by atoms with van der Waals surface area (Å²) in [6.45, 7) is 5.15. The number of likely N-dealkylation sites (tertiary alicyclic amines) is 2. The topological polar surface area (TPSA) is 49.7 Å². The van der Waals surface area contributed by atoms with Crippen molar-refractivity contribution in [2.45, 2.75) is 89.1 Å². The number of aryl methyl sites for hydroxylation is 1. The smallest absolute Gasteiger partial charge is 0.406 e. The van der Waals surface area contributed by atoms with E-state index in [1.807, 2.05) is 18.2 Å². The third kappa shape index (κ3) is 7.97. The first-order chi connectivity index (χ1) is 23.6. The Balaban J connectivity index is 1.06. The summed E-state index contributed by atoms with van der Waals surface area (Å²) < 4.78 is 44.8. The second kappa shape index (κ2) is 14.6. The number of nitrogens with one attached hydrogen (secondary N) is 1. The highest BCUT2D eigenvalue weighted by Gasteiger charge is 2.43. The summed E-state index contributed by atoms with van der Waals surface area (Å²) >= 11 is 12.9. The van der Waals surface area contributed by atoms with E-state index in [1.54, 1.807) is 12.1 Å². The van der Waals surface area contributed by atoms with Crippen LogP contribution in [-0.4, -0.2) is 64.3 Å². The molecular formula is C38H41Cl2F3N4O2. The van der Waals surface area contributed by atoms with Gasteiger partial charge in [-0.3, -0.25) is 14.6 Å². The van der Waals surface area contributed by atoms with Crippen molar-refractivity contribution in [2.24, 2.45) is 0 Å². The maximum absolute atomic E-state index is 12.8. The first-order valence-corrected chi connectivity index (χ1v) is 18.0. The Morgan fingerprint density at radius 1 is 0.918 bits per heavy atom. The second-order valence-corrected chi connectivity index (χ2v) is 14.5. The van der Waals surface area contributed by atoms with E-state index in [0.717, 1.165) is 105 Å². The number of hydrogen-bond acceptors (Lipinski definition) is 5. The molecule has 3 aliphatic rings. The molecule has 3 atom stereocenters. The van der Waals surface area contributed by atoms with Crippen LogP contribution in [0.5, 0.6) is 5.75 Å². The van der Waals surface area contributed by atoms with Gasteiger partial charge in [-0.2, -0.15) is 0 Å². The van der Waals surface area contributed by atoms with Gasteiger partial charge in [0.25, 0.3) is 0 Å². The number of aromatic nitrogens is 1. The summed E-state index contributed by atoms with van der Waals surface area (Å²) in [4.78, 5) is 17.7. The molecule has 7 rings (SSSR count). The Kier molecular flexibility index (Phi) is 10.3. The summed E-state index contributed by atoms with van der Waals surface area (Å²) in [6, 6.07) is 19.2. The van der Waals surface area contributed by atoms with Gasteiger partial charge in [0.05, 0.1) is 6.04 Å². The number of piperidine rings is 1. The van der Waals surface area contributed by atoms with E-state index in [9.17, 15) is 18.0 Å². The van der Waals surface area contributed by atoms with Crippen molar-refractivity contribution in [1.82, 2.24) is 19.7 Å². The number of ether oxygens (including phenoxy) is 1. The molecule has 0 saturated carbocycles. The van der Waals surface area contributed by atoms with Gasteiger partial charge < -0.3 is 14.6 Å². The van der Waals surface area contributed by atoms with Crippen LogP contribution < -0.4 is 10.1 Å². The Bertz CT molecular complexity index is 1770. The minimum atomic E-state index is -4.74. The molecule has 4 aromatic rings. The zero-order valence-corrected chi connectivity index (χ0v) is 28.8. The Hall–Kier alpha value is -3.08. The number of Topliss-reactive ketones (excluding diaryl/α,β-unsaturated/α-hetero) is 1. The van der Waals surface area contributed by atoms with Gasteiger partial charge in [0.2, 0.25) is 0 Å². The van der Waals surface area contributed by atoms with Gasteiger partial charge in [-0.05, 0) is 86.2 Å². The van der Waals surface area contributed by atoms with Crippen LogP contribution in [0.2, 0.25) is 10.0 Å². The summed E-state index contributed by atoms with van der Waals surface area (Å²) in [5, 5.41) is 5.82. The van der Waals surface area contributed by atoms with Crippen molar-refractivity contribution < 1.29 is 22.7 Å². The Morgan fingerprint density at radius 3 is 2.33 bits per heavy atom. The van der Waals surface area contributed by atoms with Gasteiger partial charge in [0.15, 0.2) is 0 Å². The Morgan fingerprint density at radius 2 is 1.65 bits per heavy atom. The number of unbranched alkanes of at least 4 members (excludes halogenated alkanes) is 1. The summed E-state index contributed by atoms with van der Waals surface area (Å²) in [6.07, 6.45) is 3.84. The van der Waals surface area contributed by atoms with Gasteiger partial charge in [0, 0.05) is 89.5 Å². The molecule has 260 valence electrons. The molecule has 11 heteroatoms. The van der Waals surface area contributed by atoms with E-state index >= 15 is 0 Å². The average molecular weight is 714 g/mol. The first kappa shape index (κ1) is 34.4. The lowest BCUT2D eigenvalue weighted by Crippen LogP contribution is -2.45. The fourth-order valence-electron chi connectivity index (χ4n) is 7.92. The largest absolute Gasteiger partial charge is 0.573 e. The van der Waals surface area contributed by atoms with Crippen molar-refractivity contribution in [3.63, 3.8) is 0 Å². The van der Waals surface area contributed by atoms with E-state index < -0.39 is 6.36 Å². The SMILES string of the molecule is O=C(CCCCn1cc(-c2ccc(OC(F)(F)F)cc2)c2cc(CN3CC4CC3CN4Cc3c(Cl)cccc3Cl)ccc21)C1CCCCN1. The number of nitrogens with zero attached hydrogens (tertiary/aromatic N) is 3. The second-order valence-electron chi connectivity index (χ2n) is 13.7. The first-order valence-electron chi connectivity index (χ1n) is 17.3. The lowest BCUT2D eigenvalue weighted by atomic mass is 9.98. The van der Waals surface area contributed by atoms with Crippen LogP contribution in [0, 0.1) is 0 Å². The molecule has 0 aliphatic carbocycles. The lowest BCUT2D eigenvalue weighted by molar-refractivity contribution is -0.274. The van der Waals surface area contributed by atoms with E-state index in [2.05, 4.69) is 48.8 Å². The zero-order chi connectivity index (χ0) is 34.1. The van der Waals surface area contributed by atoms with Crippen molar-refractivity contribution in [3.05, 3.63) is 88.0 Å². The highest BCUT2D eigenvalue weighted by molar-refractivity contribution is 6.36. The third-order valence-corrected chi connectivity index (χ3v) is 11.1. The van der Waals surface area contributed by atoms with Crippen LogP contribution in [0.1, 0.15) is 56.1 Å². The molecule has 3 unspecified atom stereocenters. The maximum Gasteiger partial charge on any atom is 0.573 e. The summed E-state index contributed by atoms with van der Waals surface area (Å²) in [7, 11) is 0. The average Bonchev–Trinajstić information content (AvgIpc) is 3.77. The maximum atomic E-state index is 12.8. The molecule has 3 aromatic carbocycles. The molecule has 4 heterocycles. The lowest BCUT2D eigenvalue weighted by Gasteiger charge is -2.34. The number of alkyl halides is 3. The number of halogens is 5. The van der Waals surface area contributed by atoms with E-state index in [1.165, 1.54) is 17.7 Å². The van der Waals surface area contributed by atoms with Crippen LogP contribution in [0.4, 0.5) is 13.2 Å². The molecule has 0 spiro atoms. The predicted molar refractivity (Wildman–Crippen MR) is 188 cm³/mol. The molecule has 2 bridgehead atoms. The molecule has 1 N–H and O–H groups in total. The van der Waals surface area contributed by atoms with Gasteiger partial charge in [-0.25, -0.2) is 0 Å². The standard InChI is InChI=1S/C38H41Cl2F3N4O2/c39-33-6-5-7-34(40)32(33)24-47-22-27-19-28(47)21-46(27)20-25-10-15-36-30(18-25)31(26-11-13-29(14-12-26)49-38(41,42)43)23-45(36)17-4-2-9-37(48)35-8-1-3-16-44-35/h5-7,10-15,18,23,27-28,35,44H,1-4,8-9,16-17,19-22,24H2. The van der Waals surface area contributed by atoms with Gasteiger partial charge >= 0.3 is 6.36 Å². The minimum absolute atomic E-state index is 0.00905. The van der Waals surface area contributed by atoms with E-state index in [4.69, 9.17) is 23.2 Å². The fraction of sp³-hybridized carbons (Fsp3) is 0.447. The quantitative estimate of drug-likeness (QED) is 0.149. The fourth-order valence-corrected chi connectivity index (χ4v) is 8.43. The van der Waals surface area contributed by atoms with Crippen molar-refractivity contribution in [3.8, 4) is 16.9 Å². The van der Waals surface area contributed by atoms with Crippen LogP contribution in [0.3, 0.4) is 0 Å². The minimum Gasteiger partial charge on any atom is -0.406 e. The monoisotopic (exact) mass is 712 g/mol. The summed E-state index contributed by atoms with van der Waals surface area (Å²) in [5.74, 6) is 0.0581. The molecular weight excluding hydrogens is 672 g/mol. The highest BCUT2D eigenvalue weighted by Crippen LogP contribution is 2.37. The van der Waals surface area contributed by atoms with E-state index in [-0.39, 0.29) is 11.8 Å². The van der Waals surface area contributed by atoms with Crippen LogP contribution in [0.25, 0.3) is 22.0 Å². The number of fused-ring (bicyclic) bond motifs is 3. The predicted octanol–water partition coefficient (Wildman–Crippen LogP) is 8.85. The number of benzene rings is 3. The molecule has 49 heavy (non-hydrogen) atoms. The molecule has 1 aromatic heterocycles. The number of ketones is 1. The van der Waals surface area contributed by atoms with Gasteiger partial charge in [-0.15, -0.1) is 13.2 Å². The molecule has 3 fully saturated rings. The zero-order valence-electron chi connectivity index (χ0n) is 27.3. The number of piperazine rings is 1.